The minimum atomic E-state index is -1.02. The first kappa shape index (κ1) is 22.0. The van der Waals surface area contributed by atoms with Crippen LogP contribution >= 0.6 is 11.6 Å². The van der Waals surface area contributed by atoms with Gasteiger partial charge in [0, 0.05) is 44.0 Å². The monoisotopic (exact) mass is 475 g/mol. The van der Waals surface area contributed by atoms with Crippen LogP contribution in [0.25, 0.3) is 10.9 Å². The highest BCUT2D eigenvalue weighted by molar-refractivity contribution is 6.33. The van der Waals surface area contributed by atoms with E-state index in [9.17, 15) is 9.90 Å². The molecular weight excluding hydrogens is 454 g/mol. The topological polar surface area (TPSA) is 107 Å². The first-order chi connectivity index (χ1) is 16.6. The van der Waals surface area contributed by atoms with Gasteiger partial charge in [0.15, 0.2) is 0 Å². The van der Waals surface area contributed by atoms with Crippen molar-refractivity contribution in [1.29, 1.82) is 0 Å². The molecule has 0 aliphatic carbocycles. The Labute approximate surface area is 201 Å². The van der Waals surface area contributed by atoms with E-state index in [0.717, 1.165) is 43.0 Å². The number of carbonyl (C=O) groups is 1. The number of piperazine rings is 1. The molecule has 5 rings (SSSR count). The Kier molecular flexibility index (Phi) is 6.20. The number of fused-ring (bicyclic) bond motifs is 1. The molecule has 0 spiro atoms. The number of hydrogen-bond donors (Lipinski definition) is 2. The molecule has 3 heterocycles. The molecule has 172 valence electrons. The molecule has 2 aromatic heterocycles. The van der Waals surface area contributed by atoms with Crippen molar-refractivity contribution in [1.82, 2.24) is 24.8 Å². The van der Waals surface area contributed by atoms with Gasteiger partial charge in [-0.3, -0.25) is 4.90 Å². The van der Waals surface area contributed by atoms with Crippen LogP contribution in [0.1, 0.15) is 16.2 Å². The predicted octanol–water partition coefficient (Wildman–Crippen LogP) is 3.84. The quantitative estimate of drug-likeness (QED) is 0.430. The highest BCUT2D eigenvalue weighted by Crippen LogP contribution is 2.29. The first-order valence-corrected chi connectivity index (χ1v) is 11.2. The van der Waals surface area contributed by atoms with Crippen LogP contribution in [0, 0.1) is 0 Å². The molecule has 0 radical (unpaired) electrons. The second-order valence-corrected chi connectivity index (χ2v) is 8.35. The third-order valence-corrected chi connectivity index (χ3v) is 6.02. The molecule has 34 heavy (non-hydrogen) atoms. The van der Waals surface area contributed by atoms with Crippen LogP contribution in [0.5, 0.6) is 0 Å². The zero-order chi connectivity index (χ0) is 23.5. The zero-order valence-electron chi connectivity index (χ0n) is 18.2. The Hall–Kier alpha value is -3.82. The standard InChI is InChI=1S/C24H22ClN7O2/c25-18-7-6-16(23(33)34)14-20(18)29-22-17-4-1-2-5-19(17)28-21(30-22)15-31-10-12-32(13-11-31)24-26-8-3-9-27-24/h1-9,14H,10-13,15H2,(H,33,34)(H,28,29,30). The van der Waals surface area contributed by atoms with E-state index >= 15 is 0 Å². The fourth-order valence-electron chi connectivity index (χ4n) is 3.93. The van der Waals surface area contributed by atoms with E-state index in [0.29, 0.717) is 28.9 Å². The molecule has 0 amide bonds. The van der Waals surface area contributed by atoms with Crippen LogP contribution in [0.4, 0.5) is 17.5 Å². The summed E-state index contributed by atoms with van der Waals surface area (Å²) in [5.41, 5.74) is 1.43. The number of anilines is 3. The summed E-state index contributed by atoms with van der Waals surface area (Å²) in [6, 6.07) is 14.1. The Balaban J connectivity index is 1.37. The molecule has 1 fully saturated rings. The van der Waals surface area contributed by atoms with Crippen molar-refractivity contribution in [3.05, 3.63) is 77.3 Å². The Bertz CT molecular complexity index is 1330. The third kappa shape index (κ3) is 4.75. The summed E-state index contributed by atoms with van der Waals surface area (Å²) in [5, 5.41) is 13.8. The van der Waals surface area contributed by atoms with E-state index in [1.165, 1.54) is 12.1 Å². The number of benzene rings is 2. The van der Waals surface area contributed by atoms with Crippen molar-refractivity contribution in [2.45, 2.75) is 6.54 Å². The molecule has 0 atom stereocenters. The van der Waals surface area contributed by atoms with E-state index in [4.69, 9.17) is 21.6 Å². The second kappa shape index (κ2) is 9.58. The summed E-state index contributed by atoms with van der Waals surface area (Å²) in [6.45, 7) is 3.90. The highest BCUT2D eigenvalue weighted by atomic mass is 35.5. The van der Waals surface area contributed by atoms with Gasteiger partial charge in [0.2, 0.25) is 5.95 Å². The van der Waals surface area contributed by atoms with E-state index in [-0.39, 0.29) is 5.56 Å². The Morgan fingerprint density at radius 2 is 1.76 bits per heavy atom. The maximum absolute atomic E-state index is 11.4. The van der Waals surface area contributed by atoms with Crippen LogP contribution in [0.3, 0.4) is 0 Å². The van der Waals surface area contributed by atoms with Crippen LogP contribution in [-0.4, -0.2) is 62.1 Å². The highest BCUT2D eigenvalue weighted by Gasteiger charge is 2.20. The van der Waals surface area contributed by atoms with Crippen molar-refractivity contribution < 1.29 is 9.90 Å². The second-order valence-electron chi connectivity index (χ2n) is 7.94. The third-order valence-electron chi connectivity index (χ3n) is 5.69. The number of hydrogen-bond acceptors (Lipinski definition) is 8. The largest absolute Gasteiger partial charge is 0.478 e. The molecule has 1 aliphatic rings. The van der Waals surface area contributed by atoms with Crippen LogP contribution in [0.15, 0.2) is 60.9 Å². The summed E-state index contributed by atoms with van der Waals surface area (Å²) in [6.07, 6.45) is 3.51. The molecule has 10 heteroatoms. The molecule has 2 aromatic carbocycles. The van der Waals surface area contributed by atoms with Gasteiger partial charge < -0.3 is 15.3 Å². The fraction of sp³-hybridized carbons (Fsp3) is 0.208. The van der Waals surface area contributed by atoms with Gasteiger partial charge in [0.05, 0.1) is 28.3 Å². The number of halogens is 1. The Morgan fingerprint density at radius 1 is 1.00 bits per heavy atom. The number of carboxylic acid groups (broad SMARTS) is 1. The van der Waals surface area contributed by atoms with Gasteiger partial charge in [-0.25, -0.2) is 24.7 Å². The van der Waals surface area contributed by atoms with Gasteiger partial charge in [-0.05, 0) is 36.4 Å². The molecule has 1 saturated heterocycles. The van der Waals surface area contributed by atoms with Gasteiger partial charge in [-0.2, -0.15) is 0 Å². The van der Waals surface area contributed by atoms with E-state index < -0.39 is 5.97 Å². The first-order valence-electron chi connectivity index (χ1n) is 10.9. The summed E-state index contributed by atoms with van der Waals surface area (Å²) in [7, 11) is 0. The van der Waals surface area contributed by atoms with Gasteiger partial charge >= 0.3 is 5.97 Å². The van der Waals surface area contributed by atoms with Gasteiger partial charge in [-0.15, -0.1) is 0 Å². The SMILES string of the molecule is O=C(O)c1ccc(Cl)c(Nc2nc(CN3CCN(c4ncccn4)CC3)nc3ccccc23)c1. The van der Waals surface area contributed by atoms with Crippen molar-refractivity contribution >= 4 is 45.9 Å². The molecule has 0 bridgehead atoms. The molecular formula is C24H22ClN7O2. The molecule has 1 aliphatic heterocycles. The lowest BCUT2D eigenvalue weighted by Crippen LogP contribution is -2.46. The minimum Gasteiger partial charge on any atom is -0.478 e. The molecule has 0 saturated carbocycles. The normalized spacial score (nSPS) is 14.3. The number of aromatic nitrogens is 4. The molecule has 9 nitrogen and oxygen atoms in total. The minimum absolute atomic E-state index is 0.144. The van der Waals surface area contributed by atoms with Crippen LogP contribution in [0.2, 0.25) is 5.02 Å². The maximum Gasteiger partial charge on any atom is 0.335 e. The van der Waals surface area contributed by atoms with Crippen molar-refractivity contribution in [2.75, 3.05) is 36.4 Å². The van der Waals surface area contributed by atoms with Crippen molar-refractivity contribution in [3.63, 3.8) is 0 Å². The summed E-state index contributed by atoms with van der Waals surface area (Å²) < 4.78 is 0. The van der Waals surface area contributed by atoms with E-state index in [1.54, 1.807) is 18.5 Å². The van der Waals surface area contributed by atoms with E-state index in [2.05, 4.69) is 25.1 Å². The summed E-state index contributed by atoms with van der Waals surface area (Å²) in [5.74, 6) is 0.988. The Morgan fingerprint density at radius 3 is 2.53 bits per heavy atom. The van der Waals surface area contributed by atoms with Crippen molar-refractivity contribution in [3.8, 4) is 0 Å². The number of nitrogens with zero attached hydrogens (tertiary/aromatic N) is 6. The number of rotatable bonds is 6. The number of para-hydroxylation sites is 1. The number of nitrogens with one attached hydrogen (secondary N) is 1. The number of aromatic carboxylic acids is 1. The lowest BCUT2D eigenvalue weighted by atomic mass is 10.2. The number of carboxylic acids is 1. The van der Waals surface area contributed by atoms with E-state index in [1.807, 2.05) is 30.3 Å². The smallest absolute Gasteiger partial charge is 0.335 e. The average Bonchev–Trinajstić information content (AvgIpc) is 2.86. The maximum atomic E-state index is 11.4. The van der Waals surface area contributed by atoms with Crippen LogP contribution in [-0.2, 0) is 6.54 Å². The zero-order valence-corrected chi connectivity index (χ0v) is 19.0. The lowest BCUT2D eigenvalue weighted by Gasteiger charge is -2.34. The van der Waals surface area contributed by atoms with Crippen molar-refractivity contribution in [2.24, 2.45) is 0 Å². The van der Waals surface area contributed by atoms with Gasteiger partial charge in [0.1, 0.15) is 11.6 Å². The molecule has 4 aromatic rings. The van der Waals surface area contributed by atoms with Crippen LogP contribution < -0.4 is 10.2 Å². The fourth-order valence-corrected chi connectivity index (χ4v) is 4.10. The summed E-state index contributed by atoms with van der Waals surface area (Å²) >= 11 is 6.34. The molecule has 2 N–H and O–H groups in total. The average molecular weight is 476 g/mol. The van der Waals surface area contributed by atoms with Gasteiger partial charge in [0.25, 0.3) is 0 Å². The predicted molar refractivity (Wildman–Crippen MR) is 131 cm³/mol. The van der Waals surface area contributed by atoms with Gasteiger partial charge in [-0.1, -0.05) is 23.7 Å². The molecule has 0 unspecified atom stereocenters. The summed E-state index contributed by atoms with van der Waals surface area (Å²) in [4.78, 5) is 34.1. The lowest BCUT2D eigenvalue weighted by molar-refractivity contribution is 0.0697.